The standard InChI is InChI=1S/C29H51N3O9S6/c1-11-30(12-2)39-26(42)45-20(7)23(33)36-17-29(10,18-37-24(34)21(8)46-27(43)40-31(13-3)14-4)19-38-25(35)22(9)47-28(44)41-32(15-5)16-6/h20-22H,11-19H2,1-10H3. The molecule has 0 N–H and O–H groups in total. The Kier molecular flexibility index (Phi) is 24.5. The predicted octanol–water partition coefficient (Wildman–Crippen LogP) is 5.66. The second-order valence-corrected chi connectivity index (χ2v) is 16.1. The van der Waals surface area contributed by atoms with Crippen molar-refractivity contribution < 1.29 is 43.1 Å². The number of ether oxygens (including phenoxy) is 3. The predicted molar refractivity (Wildman–Crippen MR) is 202 cm³/mol. The minimum absolute atomic E-state index is 0.188. The molecule has 0 aliphatic carbocycles. The van der Waals surface area contributed by atoms with Crippen LogP contribution in [0.25, 0.3) is 0 Å². The van der Waals surface area contributed by atoms with Crippen LogP contribution in [0.4, 0.5) is 0 Å². The van der Waals surface area contributed by atoms with E-state index >= 15 is 0 Å². The summed E-state index contributed by atoms with van der Waals surface area (Å²) in [5.74, 6) is -1.68. The molecule has 0 amide bonds. The number of hydrogen-bond acceptors (Lipinski definition) is 18. The molecule has 0 heterocycles. The van der Waals surface area contributed by atoms with Crippen LogP contribution in [0.1, 0.15) is 69.2 Å². The van der Waals surface area contributed by atoms with Crippen LogP contribution in [0, 0.1) is 5.41 Å². The Morgan fingerprint density at radius 1 is 0.532 bits per heavy atom. The van der Waals surface area contributed by atoms with Gasteiger partial charge in [-0.2, -0.15) is 0 Å². The van der Waals surface area contributed by atoms with Crippen LogP contribution < -0.4 is 0 Å². The third-order valence-electron chi connectivity index (χ3n) is 6.23. The van der Waals surface area contributed by atoms with Crippen molar-refractivity contribution in [2.45, 2.75) is 85.0 Å². The monoisotopic (exact) mass is 777 g/mol. The maximum Gasteiger partial charge on any atom is 0.319 e. The molecular formula is C29H51N3O9S6. The maximum absolute atomic E-state index is 12.9. The summed E-state index contributed by atoms with van der Waals surface area (Å²) < 4.78 is 17.4. The van der Waals surface area contributed by atoms with Gasteiger partial charge in [0.05, 0.1) is 5.41 Å². The van der Waals surface area contributed by atoms with Crippen LogP contribution in [0.3, 0.4) is 0 Å². The van der Waals surface area contributed by atoms with Crippen LogP contribution >= 0.6 is 71.9 Å². The van der Waals surface area contributed by atoms with Gasteiger partial charge in [-0.3, -0.25) is 14.4 Å². The number of rotatable bonds is 21. The van der Waals surface area contributed by atoms with Crippen molar-refractivity contribution in [2.24, 2.45) is 5.41 Å². The Morgan fingerprint density at radius 3 is 0.936 bits per heavy atom. The molecule has 0 spiro atoms. The van der Waals surface area contributed by atoms with E-state index in [4.69, 9.17) is 65.4 Å². The second-order valence-electron chi connectivity index (χ2n) is 10.3. The van der Waals surface area contributed by atoms with Crippen LogP contribution in [0.2, 0.25) is 0 Å². The minimum Gasteiger partial charge on any atom is -0.464 e. The number of carbonyl (C=O) groups excluding carboxylic acids is 3. The smallest absolute Gasteiger partial charge is 0.319 e. The third-order valence-corrected chi connectivity index (χ3v) is 9.76. The molecule has 0 aromatic rings. The third kappa shape index (κ3) is 19.7. The largest absolute Gasteiger partial charge is 0.464 e. The molecule has 0 saturated heterocycles. The van der Waals surface area contributed by atoms with Crippen LogP contribution in [0.5, 0.6) is 0 Å². The molecule has 0 fully saturated rings. The molecule has 0 rings (SSSR count). The highest BCUT2D eigenvalue weighted by Gasteiger charge is 2.34. The number of hydrogen-bond donors (Lipinski definition) is 0. The number of esters is 3. The zero-order valence-corrected chi connectivity index (χ0v) is 34.0. The van der Waals surface area contributed by atoms with Crippen molar-refractivity contribution in [1.29, 1.82) is 0 Å². The molecule has 0 bridgehead atoms. The Hall–Kier alpha value is -0.990. The maximum atomic E-state index is 12.9. The van der Waals surface area contributed by atoms with E-state index in [2.05, 4.69) is 0 Å². The molecule has 0 aromatic carbocycles. The lowest BCUT2D eigenvalue weighted by Gasteiger charge is -2.29. The van der Waals surface area contributed by atoms with Crippen molar-refractivity contribution in [3.05, 3.63) is 0 Å². The number of thioether (sulfide) groups is 3. The lowest BCUT2D eigenvalue weighted by Crippen LogP contribution is -2.39. The van der Waals surface area contributed by atoms with Gasteiger partial charge in [0, 0.05) is 39.3 Å². The molecule has 0 radical (unpaired) electrons. The molecule has 0 aliphatic rings. The van der Waals surface area contributed by atoms with E-state index in [9.17, 15) is 14.4 Å². The first-order chi connectivity index (χ1) is 22.1. The van der Waals surface area contributed by atoms with Crippen molar-refractivity contribution >= 4 is 103 Å². The summed E-state index contributed by atoms with van der Waals surface area (Å²) in [6.07, 6.45) is 0. The summed E-state index contributed by atoms with van der Waals surface area (Å²) in [7, 11) is 0. The summed E-state index contributed by atoms with van der Waals surface area (Å²) in [5.41, 5.74) is -1.09. The van der Waals surface area contributed by atoms with Gasteiger partial charge < -0.3 is 28.7 Å². The van der Waals surface area contributed by atoms with Crippen LogP contribution in [-0.2, 0) is 43.1 Å². The van der Waals surface area contributed by atoms with E-state index in [1.165, 1.54) is 0 Å². The van der Waals surface area contributed by atoms with Gasteiger partial charge in [-0.25, -0.2) is 0 Å². The highest BCUT2D eigenvalue weighted by Crippen LogP contribution is 2.25. The SMILES string of the molecule is CCN(CC)OC(=S)SC(C)C(=O)OCC(C)(COC(=O)C(C)SC(=S)ON(CC)CC)COC(=O)C(C)SC(=S)ON(CC)CC. The zero-order valence-electron chi connectivity index (χ0n) is 29.1. The van der Waals surface area contributed by atoms with E-state index < -0.39 is 39.1 Å². The fourth-order valence-electron chi connectivity index (χ4n) is 3.23. The van der Waals surface area contributed by atoms with E-state index in [1.807, 2.05) is 41.5 Å². The van der Waals surface area contributed by atoms with E-state index in [0.29, 0.717) is 39.3 Å². The quantitative estimate of drug-likeness (QED) is 0.0617. The van der Waals surface area contributed by atoms with Crippen molar-refractivity contribution in [3.8, 4) is 0 Å². The first-order valence-corrected chi connectivity index (χ1v) is 19.3. The summed E-state index contributed by atoms with van der Waals surface area (Å²) in [4.78, 5) is 55.4. The summed E-state index contributed by atoms with van der Waals surface area (Å²) in [6, 6.07) is 0. The van der Waals surface area contributed by atoms with E-state index in [-0.39, 0.29) is 33.0 Å². The Balaban J connectivity index is 5.49. The zero-order chi connectivity index (χ0) is 36.2. The van der Waals surface area contributed by atoms with Gasteiger partial charge in [0.2, 0.25) is 13.1 Å². The Labute approximate surface area is 309 Å². The van der Waals surface area contributed by atoms with Gasteiger partial charge in [0.1, 0.15) is 35.6 Å². The highest BCUT2D eigenvalue weighted by molar-refractivity contribution is 8.24. The van der Waals surface area contributed by atoms with E-state index in [0.717, 1.165) is 35.3 Å². The minimum atomic E-state index is -1.09. The molecule has 18 heteroatoms. The Morgan fingerprint density at radius 2 is 0.745 bits per heavy atom. The van der Waals surface area contributed by atoms with E-state index in [1.54, 1.807) is 42.9 Å². The summed E-state index contributed by atoms with van der Waals surface area (Å²) in [5, 5.41) is 2.95. The fraction of sp³-hybridized carbons (Fsp3) is 0.793. The van der Waals surface area contributed by atoms with Crippen molar-refractivity contribution in [2.75, 3.05) is 59.1 Å². The molecule has 272 valence electrons. The average molecular weight is 778 g/mol. The molecular weight excluding hydrogens is 727 g/mol. The van der Waals surface area contributed by atoms with Crippen molar-refractivity contribution in [1.82, 2.24) is 15.2 Å². The van der Waals surface area contributed by atoms with Gasteiger partial charge in [0.15, 0.2) is 0 Å². The van der Waals surface area contributed by atoms with Gasteiger partial charge in [0.25, 0.3) is 0 Å². The number of nitrogens with zero attached hydrogens (tertiary/aromatic N) is 3. The molecule has 0 saturated carbocycles. The molecule has 47 heavy (non-hydrogen) atoms. The summed E-state index contributed by atoms with van der Waals surface area (Å²) in [6.45, 7) is 21.3. The van der Waals surface area contributed by atoms with Crippen molar-refractivity contribution in [3.63, 3.8) is 0 Å². The second kappa shape index (κ2) is 25.0. The molecule has 3 unspecified atom stereocenters. The average Bonchev–Trinajstić information content (AvgIpc) is 3.04. The number of carbonyl (C=O) groups is 3. The topological polar surface area (TPSA) is 116 Å². The normalized spacial score (nSPS) is 14.5. The lowest BCUT2D eigenvalue weighted by molar-refractivity contribution is -0.159. The number of thiocarbonyl (C=S) groups is 3. The van der Waals surface area contributed by atoms with Crippen LogP contribution in [0.15, 0.2) is 0 Å². The lowest BCUT2D eigenvalue weighted by atomic mass is 9.94. The van der Waals surface area contributed by atoms with Crippen LogP contribution in [-0.4, -0.2) is 121 Å². The molecule has 0 aromatic heterocycles. The van der Waals surface area contributed by atoms with Gasteiger partial charge >= 0.3 is 17.9 Å². The van der Waals surface area contributed by atoms with Gasteiger partial charge in [-0.15, -0.1) is 15.2 Å². The highest BCUT2D eigenvalue weighted by atomic mass is 32.2. The Bertz CT molecular complexity index is 892. The van der Waals surface area contributed by atoms with Gasteiger partial charge in [-0.05, 0) is 106 Å². The first-order valence-electron chi connectivity index (χ1n) is 15.5. The van der Waals surface area contributed by atoms with Gasteiger partial charge in [-0.1, -0.05) is 35.3 Å². The summed E-state index contributed by atoms with van der Waals surface area (Å²) >= 11 is 19.0. The molecule has 3 atom stereocenters. The molecule has 0 aliphatic heterocycles. The fourth-order valence-corrected chi connectivity index (χ4v) is 6.65. The first kappa shape index (κ1) is 46.0. The number of hydroxylamine groups is 6. The molecule has 12 nitrogen and oxygen atoms in total.